The molecule has 1 N–H and O–H groups in total. The first kappa shape index (κ1) is 24.8. The predicted molar refractivity (Wildman–Crippen MR) is 114 cm³/mol. The third-order valence-corrected chi connectivity index (χ3v) is 8.18. The summed E-state index contributed by atoms with van der Waals surface area (Å²) in [6.45, 7) is 8.91. The van der Waals surface area contributed by atoms with Crippen LogP contribution < -0.4 is 5.32 Å². The number of nitrogens with zero attached hydrogens (tertiary/aromatic N) is 1. The lowest BCUT2D eigenvalue weighted by atomic mass is 9.64. The predicted octanol–water partition coefficient (Wildman–Crippen LogP) is 3.12. The number of carbonyl (C=O) groups is 2. The van der Waals surface area contributed by atoms with E-state index in [1.165, 1.54) is 0 Å². The van der Waals surface area contributed by atoms with Gasteiger partial charge in [0.05, 0.1) is 10.5 Å². The fraction of sp³-hybridized carbons (Fsp3) is 0.619. The van der Waals surface area contributed by atoms with Crippen LogP contribution in [0.15, 0.2) is 23.1 Å². The summed E-state index contributed by atoms with van der Waals surface area (Å²) in [6.07, 6.45) is 3.89. The van der Waals surface area contributed by atoms with Crippen LogP contribution in [-0.2, 0) is 19.4 Å². The van der Waals surface area contributed by atoms with Gasteiger partial charge in [-0.25, -0.2) is 13.2 Å². The van der Waals surface area contributed by atoms with Gasteiger partial charge in [-0.15, -0.1) is 0 Å². The first-order chi connectivity index (χ1) is 14.2. The molecule has 0 radical (unpaired) electrons. The van der Waals surface area contributed by atoms with Crippen LogP contribution in [-0.4, -0.2) is 44.6 Å². The van der Waals surface area contributed by atoms with Gasteiger partial charge in [0.15, 0.2) is 16.4 Å². The normalized spacial score (nSPS) is 22.7. The molecule has 2 rings (SSSR count). The van der Waals surface area contributed by atoms with Gasteiger partial charge in [-0.1, -0.05) is 27.7 Å². The van der Waals surface area contributed by atoms with Gasteiger partial charge in [0, 0.05) is 18.9 Å². The number of nitro benzene ring substituents is 1. The van der Waals surface area contributed by atoms with Gasteiger partial charge in [0.1, 0.15) is 4.90 Å². The van der Waals surface area contributed by atoms with Gasteiger partial charge in [-0.3, -0.25) is 14.9 Å². The molecule has 31 heavy (non-hydrogen) atoms. The monoisotopic (exact) mass is 454 g/mol. The van der Waals surface area contributed by atoms with Crippen LogP contribution in [0.2, 0.25) is 0 Å². The average Bonchev–Trinajstić information content (AvgIpc) is 2.87. The molecule has 0 aromatic heterocycles. The highest BCUT2D eigenvalue weighted by Crippen LogP contribution is 2.57. The van der Waals surface area contributed by atoms with E-state index >= 15 is 0 Å². The Hall–Kier alpha value is -2.49. The third-order valence-electron chi connectivity index (χ3n) is 7.04. The zero-order chi connectivity index (χ0) is 23.6. The molecule has 1 saturated carbocycles. The Bertz CT molecular complexity index is 987. The molecule has 2 atom stereocenters. The molecule has 0 saturated heterocycles. The molecule has 1 amide bonds. The highest BCUT2D eigenvalue weighted by molar-refractivity contribution is 7.90. The van der Waals surface area contributed by atoms with Gasteiger partial charge in [-0.05, 0) is 48.1 Å². The molecule has 1 aromatic rings. The fourth-order valence-corrected chi connectivity index (χ4v) is 4.93. The molecule has 1 fully saturated rings. The number of sulfone groups is 1. The molecule has 1 aromatic carbocycles. The highest BCUT2D eigenvalue weighted by Gasteiger charge is 2.48. The number of carbonyl (C=O) groups excluding carboxylic acids is 2. The Morgan fingerprint density at radius 3 is 2.45 bits per heavy atom. The lowest BCUT2D eigenvalue weighted by Gasteiger charge is -2.41. The second-order valence-corrected chi connectivity index (χ2v) is 11.1. The maximum absolute atomic E-state index is 12.2. The number of nitrogens with one attached hydrogen (secondary N) is 1. The third kappa shape index (κ3) is 5.41. The van der Waals surface area contributed by atoms with E-state index in [-0.39, 0.29) is 16.4 Å². The van der Waals surface area contributed by atoms with Crippen LogP contribution in [0.5, 0.6) is 0 Å². The topological polar surface area (TPSA) is 133 Å². The number of amides is 1. The number of nitro groups is 1. The lowest BCUT2D eigenvalue weighted by Crippen LogP contribution is -2.38. The van der Waals surface area contributed by atoms with Gasteiger partial charge in [-0.2, -0.15) is 0 Å². The first-order valence-electron chi connectivity index (χ1n) is 10.1. The van der Waals surface area contributed by atoms with E-state index in [1.807, 2.05) is 0 Å². The van der Waals surface area contributed by atoms with E-state index in [9.17, 15) is 28.1 Å². The summed E-state index contributed by atoms with van der Waals surface area (Å²) in [6, 6.07) is 2.93. The van der Waals surface area contributed by atoms with Crippen LogP contribution in [0.1, 0.15) is 57.3 Å². The molecular weight excluding hydrogens is 424 g/mol. The molecule has 1 aliphatic carbocycles. The number of hydrogen-bond acceptors (Lipinski definition) is 7. The Labute approximate surface area is 182 Å². The number of ether oxygens (including phenoxy) is 1. The van der Waals surface area contributed by atoms with E-state index in [1.54, 1.807) is 0 Å². The number of hydrogen-bond donors (Lipinski definition) is 1. The first-order valence-corrected chi connectivity index (χ1v) is 12.0. The van der Waals surface area contributed by atoms with Crippen molar-refractivity contribution in [3.63, 3.8) is 0 Å². The van der Waals surface area contributed by atoms with Gasteiger partial charge < -0.3 is 10.1 Å². The molecule has 0 bridgehead atoms. The summed E-state index contributed by atoms with van der Waals surface area (Å²) in [5.41, 5.74) is -0.655. The summed E-state index contributed by atoms with van der Waals surface area (Å²) in [5.74, 6) is -0.814. The number of esters is 1. The van der Waals surface area contributed by atoms with Crippen molar-refractivity contribution in [1.82, 2.24) is 5.32 Å². The van der Waals surface area contributed by atoms with Gasteiger partial charge in [0.25, 0.3) is 11.6 Å². The van der Waals surface area contributed by atoms with Crippen LogP contribution in [0.3, 0.4) is 0 Å². The Morgan fingerprint density at radius 1 is 1.29 bits per heavy atom. The minimum Gasteiger partial charge on any atom is -0.452 e. The molecule has 172 valence electrons. The smallest absolute Gasteiger partial charge is 0.338 e. The van der Waals surface area contributed by atoms with Gasteiger partial charge in [0.2, 0.25) is 0 Å². The van der Waals surface area contributed by atoms with Crippen molar-refractivity contribution >= 4 is 27.4 Å². The second kappa shape index (κ2) is 8.94. The zero-order valence-corrected chi connectivity index (χ0v) is 19.4. The second-order valence-electron chi connectivity index (χ2n) is 9.11. The van der Waals surface area contributed by atoms with Gasteiger partial charge >= 0.3 is 5.97 Å². The summed E-state index contributed by atoms with van der Waals surface area (Å²) in [4.78, 5) is 34.0. The molecule has 0 spiro atoms. The fourth-order valence-electron chi connectivity index (χ4n) is 4.10. The summed E-state index contributed by atoms with van der Waals surface area (Å²) >= 11 is 0. The number of rotatable bonds is 8. The van der Waals surface area contributed by atoms with Crippen LogP contribution >= 0.6 is 0 Å². The molecule has 0 heterocycles. The summed E-state index contributed by atoms with van der Waals surface area (Å²) in [5, 5.41) is 13.9. The Kier molecular flexibility index (Phi) is 7.14. The summed E-state index contributed by atoms with van der Waals surface area (Å²) < 4.78 is 28.2. The Morgan fingerprint density at radius 2 is 1.94 bits per heavy atom. The van der Waals surface area contributed by atoms with Crippen molar-refractivity contribution in [2.45, 2.75) is 51.9 Å². The minimum absolute atomic E-state index is 0.108. The van der Waals surface area contributed by atoms with E-state index in [0.717, 1.165) is 43.7 Å². The van der Waals surface area contributed by atoms with Crippen molar-refractivity contribution in [2.75, 3.05) is 19.4 Å². The van der Waals surface area contributed by atoms with E-state index in [2.05, 4.69) is 33.0 Å². The van der Waals surface area contributed by atoms with E-state index in [0.29, 0.717) is 12.5 Å². The highest BCUT2D eigenvalue weighted by atomic mass is 32.2. The average molecular weight is 455 g/mol. The zero-order valence-electron chi connectivity index (χ0n) is 18.6. The van der Waals surface area contributed by atoms with Crippen molar-refractivity contribution in [1.29, 1.82) is 0 Å². The van der Waals surface area contributed by atoms with Crippen molar-refractivity contribution in [3.8, 4) is 0 Å². The van der Waals surface area contributed by atoms with Crippen LogP contribution in [0.25, 0.3) is 0 Å². The number of benzene rings is 1. The summed E-state index contributed by atoms with van der Waals surface area (Å²) in [7, 11) is -3.84. The van der Waals surface area contributed by atoms with E-state index < -0.39 is 43.8 Å². The Balaban J connectivity index is 1.92. The largest absolute Gasteiger partial charge is 0.452 e. The lowest BCUT2D eigenvalue weighted by molar-refractivity contribution is -0.387. The van der Waals surface area contributed by atoms with Crippen molar-refractivity contribution < 1.29 is 27.7 Å². The minimum atomic E-state index is -3.84. The maximum Gasteiger partial charge on any atom is 0.338 e. The molecule has 0 aliphatic heterocycles. The van der Waals surface area contributed by atoms with E-state index in [4.69, 9.17) is 4.74 Å². The molecular formula is C21H30N2O7S. The molecule has 9 nitrogen and oxygen atoms in total. The maximum atomic E-state index is 12.2. The van der Waals surface area contributed by atoms with Crippen molar-refractivity contribution in [3.05, 3.63) is 33.9 Å². The molecule has 2 unspecified atom stereocenters. The van der Waals surface area contributed by atoms with Crippen molar-refractivity contribution in [2.24, 2.45) is 16.7 Å². The SMILES string of the molecule is CC1CCC(C)(CCNC(=O)COC(=O)c2ccc(S(C)(=O)=O)c([N+](=O)[O-])c2)C1(C)C. The molecule has 1 aliphatic rings. The molecule has 10 heteroatoms. The quantitative estimate of drug-likeness (QED) is 0.362. The standard InChI is InChI=1S/C21H30N2O7S/c1-14-8-9-21(4,20(14,2)3)10-11-22-18(24)13-30-19(25)15-6-7-17(31(5,28)29)16(12-15)23(26)27/h6-7,12,14H,8-11,13H2,1-5H3,(H,22,24). The van der Waals surface area contributed by atoms with Crippen LogP contribution in [0, 0.1) is 26.9 Å². The van der Waals surface area contributed by atoms with Crippen LogP contribution in [0.4, 0.5) is 5.69 Å².